The second-order valence-corrected chi connectivity index (χ2v) is 15.2. The van der Waals surface area contributed by atoms with Gasteiger partial charge in [0.25, 0.3) is 0 Å². The van der Waals surface area contributed by atoms with Gasteiger partial charge < -0.3 is 4.43 Å². The molecular weight excluding hydrogens is 338 g/mol. The quantitative estimate of drug-likeness (QED) is 0.560. The normalized spacial score (nSPS) is 25.1. The number of hydrogen-bond acceptors (Lipinski definition) is 3. The Morgan fingerprint density at radius 1 is 1.17 bits per heavy atom. The maximum Gasteiger partial charge on any atom is 0.243 e. The third-order valence-electron chi connectivity index (χ3n) is 5.35. The van der Waals surface area contributed by atoms with E-state index in [1.165, 1.54) is 0 Å². The summed E-state index contributed by atoms with van der Waals surface area (Å²) in [6.45, 7) is 15.6. The fraction of sp³-hybridized carbons (Fsp3) is 0.667. The van der Waals surface area contributed by atoms with Crippen molar-refractivity contribution in [3.8, 4) is 0 Å². The Hall–Kier alpha value is -0.693. The predicted octanol–water partition coefficient (Wildman–Crippen LogP) is 4.11. The Balaban J connectivity index is 2.17. The van der Waals surface area contributed by atoms with Gasteiger partial charge >= 0.3 is 0 Å². The first-order valence-electron chi connectivity index (χ1n) is 8.62. The SMILES string of the molecule is CC(C)[C@H]1[C@H](CO[Si](C)(C)C(C)(C)C)N1S(=O)(=O)c1ccccc1. The van der Waals surface area contributed by atoms with Crippen molar-refractivity contribution in [1.82, 2.24) is 4.31 Å². The summed E-state index contributed by atoms with van der Waals surface area (Å²) in [7, 11) is -5.33. The molecule has 1 aliphatic heterocycles. The van der Waals surface area contributed by atoms with E-state index >= 15 is 0 Å². The van der Waals surface area contributed by atoms with Crippen LogP contribution in [0.4, 0.5) is 0 Å². The summed E-state index contributed by atoms with van der Waals surface area (Å²) in [5, 5.41) is 0.123. The van der Waals surface area contributed by atoms with Crippen LogP contribution in [0.1, 0.15) is 34.6 Å². The van der Waals surface area contributed by atoms with Crippen molar-refractivity contribution in [1.29, 1.82) is 0 Å². The van der Waals surface area contributed by atoms with Crippen LogP contribution in [-0.2, 0) is 14.4 Å². The van der Waals surface area contributed by atoms with Gasteiger partial charge in [-0.2, -0.15) is 4.31 Å². The molecule has 1 saturated heterocycles. The van der Waals surface area contributed by atoms with Crippen LogP contribution in [-0.4, -0.2) is 39.7 Å². The molecule has 0 saturated carbocycles. The first-order chi connectivity index (χ1) is 10.9. The Morgan fingerprint density at radius 3 is 2.17 bits per heavy atom. The summed E-state index contributed by atoms with van der Waals surface area (Å²) in [4.78, 5) is 0.366. The van der Waals surface area contributed by atoms with E-state index in [1.807, 2.05) is 6.07 Å². The topological polar surface area (TPSA) is 46.4 Å². The van der Waals surface area contributed by atoms with Gasteiger partial charge in [-0.05, 0) is 36.2 Å². The minimum absolute atomic E-state index is 0.0278. The molecule has 0 N–H and O–H groups in total. The zero-order chi connectivity index (χ0) is 18.3. The van der Waals surface area contributed by atoms with Gasteiger partial charge in [0.05, 0.1) is 17.5 Å². The molecule has 4 nitrogen and oxygen atoms in total. The summed E-state index contributed by atoms with van der Waals surface area (Å²) in [5.74, 6) is 0.275. The number of rotatable bonds is 6. The first kappa shape index (κ1) is 19.6. The van der Waals surface area contributed by atoms with E-state index in [9.17, 15) is 8.42 Å². The highest BCUT2D eigenvalue weighted by Crippen LogP contribution is 2.42. The molecule has 0 aromatic heterocycles. The van der Waals surface area contributed by atoms with Gasteiger partial charge in [-0.1, -0.05) is 52.8 Å². The van der Waals surface area contributed by atoms with Crippen LogP contribution >= 0.6 is 0 Å². The van der Waals surface area contributed by atoms with Gasteiger partial charge in [0.15, 0.2) is 8.32 Å². The van der Waals surface area contributed by atoms with Crippen molar-refractivity contribution in [2.75, 3.05) is 6.61 Å². The maximum atomic E-state index is 12.9. The lowest BCUT2D eigenvalue weighted by Crippen LogP contribution is -2.42. The minimum Gasteiger partial charge on any atom is -0.415 e. The van der Waals surface area contributed by atoms with Gasteiger partial charge in [-0.15, -0.1) is 0 Å². The van der Waals surface area contributed by atoms with Crippen molar-refractivity contribution in [3.05, 3.63) is 30.3 Å². The molecule has 1 aromatic rings. The van der Waals surface area contributed by atoms with Gasteiger partial charge in [-0.25, -0.2) is 8.42 Å². The van der Waals surface area contributed by atoms with E-state index in [1.54, 1.807) is 28.6 Å². The van der Waals surface area contributed by atoms with Crippen LogP contribution in [0, 0.1) is 5.92 Å². The summed E-state index contributed by atoms with van der Waals surface area (Å²) >= 11 is 0. The largest absolute Gasteiger partial charge is 0.415 e. The Morgan fingerprint density at radius 2 is 1.71 bits per heavy atom. The molecule has 0 spiro atoms. The van der Waals surface area contributed by atoms with Gasteiger partial charge in [0.2, 0.25) is 10.0 Å². The molecule has 0 amide bonds. The second kappa shape index (κ2) is 6.55. The highest BCUT2D eigenvalue weighted by molar-refractivity contribution is 7.89. The molecule has 1 unspecified atom stereocenters. The van der Waals surface area contributed by atoms with E-state index in [2.05, 4.69) is 47.7 Å². The van der Waals surface area contributed by atoms with Crippen molar-refractivity contribution < 1.29 is 12.8 Å². The lowest BCUT2D eigenvalue weighted by atomic mass is 10.1. The molecule has 2 rings (SSSR count). The van der Waals surface area contributed by atoms with Crippen LogP contribution in [0.3, 0.4) is 0 Å². The number of nitrogens with zero attached hydrogens (tertiary/aromatic N) is 1. The smallest absolute Gasteiger partial charge is 0.243 e. The molecule has 24 heavy (non-hydrogen) atoms. The molecule has 0 aliphatic carbocycles. The van der Waals surface area contributed by atoms with E-state index in [0.717, 1.165) is 0 Å². The third-order valence-corrected chi connectivity index (χ3v) is 11.8. The summed E-state index contributed by atoms with van der Waals surface area (Å²) < 4.78 is 33.8. The number of sulfonamides is 1. The fourth-order valence-corrected chi connectivity index (χ4v) is 5.71. The number of benzene rings is 1. The van der Waals surface area contributed by atoms with Crippen LogP contribution in [0.2, 0.25) is 18.1 Å². The van der Waals surface area contributed by atoms with Crippen molar-refractivity contribution in [3.63, 3.8) is 0 Å². The van der Waals surface area contributed by atoms with Gasteiger partial charge in [-0.3, -0.25) is 0 Å². The molecule has 1 aliphatic rings. The molecule has 136 valence electrons. The number of hydrogen-bond donors (Lipinski definition) is 0. The van der Waals surface area contributed by atoms with E-state index < -0.39 is 18.3 Å². The first-order valence-corrected chi connectivity index (χ1v) is 13.0. The van der Waals surface area contributed by atoms with Crippen LogP contribution in [0.15, 0.2) is 35.2 Å². The average molecular weight is 370 g/mol. The summed E-state index contributed by atoms with van der Waals surface area (Å²) in [6, 6.07) is 8.67. The highest BCUT2D eigenvalue weighted by Gasteiger charge is 2.57. The Bertz CT molecular complexity index is 665. The fourth-order valence-electron chi connectivity index (χ4n) is 2.75. The minimum atomic E-state index is -3.44. The molecule has 3 atom stereocenters. The van der Waals surface area contributed by atoms with E-state index in [4.69, 9.17) is 4.43 Å². The van der Waals surface area contributed by atoms with Crippen molar-refractivity contribution in [2.24, 2.45) is 5.92 Å². The lowest BCUT2D eigenvalue weighted by molar-refractivity contribution is 0.279. The van der Waals surface area contributed by atoms with Crippen LogP contribution in [0.25, 0.3) is 0 Å². The average Bonchev–Trinajstić information content (AvgIpc) is 3.20. The molecule has 1 aromatic carbocycles. The molecule has 1 fully saturated rings. The predicted molar refractivity (Wildman–Crippen MR) is 101 cm³/mol. The van der Waals surface area contributed by atoms with E-state index in [-0.39, 0.29) is 23.0 Å². The zero-order valence-electron chi connectivity index (χ0n) is 15.9. The molecule has 6 heteroatoms. The third kappa shape index (κ3) is 3.77. The summed E-state index contributed by atoms with van der Waals surface area (Å²) in [6.07, 6.45) is 0. The maximum absolute atomic E-state index is 12.9. The summed E-state index contributed by atoms with van der Waals surface area (Å²) in [5.41, 5.74) is 0. The Kier molecular flexibility index (Phi) is 5.36. The monoisotopic (exact) mass is 369 g/mol. The second-order valence-electron chi connectivity index (χ2n) is 8.52. The van der Waals surface area contributed by atoms with Gasteiger partial charge in [0, 0.05) is 6.04 Å². The molecule has 0 bridgehead atoms. The molecule has 0 radical (unpaired) electrons. The lowest BCUT2D eigenvalue weighted by Gasteiger charge is -2.36. The van der Waals surface area contributed by atoms with Crippen molar-refractivity contribution in [2.45, 2.75) is 69.7 Å². The van der Waals surface area contributed by atoms with Crippen LogP contribution < -0.4 is 0 Å². The highest BCUT2D eigenvalue weighted by atomic mass is 32.2. The zero-order valence-corrected chi connectivity index (χ0v) is 17.7. The van der Waals surface area contributed by atoms with Crippen molar-refractivity contribution >= 4 is 18.3 Å². The van der Waals surface area contributed by atoms with Gasteiger partial charge in [0.1, 0.15) is 0 Å². The standard InChI is InChI=1S/C18H31NO3SSi/c1-14(2)17-16(13-22-24(6,7)18(3,4)5)19(17)23(20,21)15-11-9-8-10-12-15/h8-12,14,16-17H,13H2,1-7H3/t16-,17-,19?/m0/s1. The molecular formula is C18H31NO3SSi. The molecule has 1 heterocycles. The van der Waals surface area contributed by atoms with Crippen LogP contribution in [0.5, 0.6) is 0 Å². The van der Waals surface area contributed by atoms with E-state index in [0.29, 0.717) is 11.5 Å². The Labute approximate surface area is 148 Å².